The molecule has 0 fully saturated rings. The summed E-state index contributed by atoms with van der Waals surface area (Å²) in [6.07, 6.45) is 3.50. The monoisotopic (exact) mass is 285 g/mol. The van der Waals surface area contributed by atoms with E-state index in [2.05, 4.69) is 5.32 Å². The number of benzene rings is 2. The van der Waals surface area contributed by atoms with E-state index in [1.54, 1.807) is 30.4 Å². The van der Waals surface area contributed by atoms with Crippen LogP contribution < -0.4 is 10.1 Å². The molecule has 5 heteroatoms. The largest absolute Gasteiger partial charge is 0.505 e. The van der Waals surface area contributed by atoms with Gasteiger partial charge in [-0.3, -0.25) is 4.79 Å². The van der Waals surface area contributed by atoms with Gasteiger partial charge in [-0.1, -0.05) is 24.3 Å². The molecule has 0 saturated carbocycles. The van der Waals surface area contributed by atoms with Crippen LogP contribution in [0.2, 0.25) is 0 Å². The van der Waals surface area contributed by atoms with E-state index in [1.807, 2.05) is 6.07 Å². The van der Waals surface area contributed by atoms with Gasteiger partial charge >= 0.3 is 0 Å². The second-order valence-corrected chi connectivity index (χ2v) is 4.64. The van der Waals surface area contributed by atoms with Crippen molar-refractivity contribution in [3.63, 3.8) is 0 Å². The molecule has 0 aromatic heterocycles. The minimum absolute atomic E-state index is 0.0228. The third kappa shape index (κ3) is 2.86. The predicted molar refractivity (Wildman–Crippen MR) is 77.6 cm³/mol. The molecule has 0 aliphatic carbocycles. The molecular weight excluding hydrogens is 273 g/mol. The highest BCUT2D eigenvalue weighted by molar-refractivity contribution is 5.95. The molecule has 0 radical (unpaired) electrons. The molecule has 0 spiro atoms. The van der Waals surface area contributed by atoms with Gasteiger partial charge in [0.1, 0.15) is 5.75 Å². The molecule has 1 aliphatic heterocycles. The fourth-order valence-electron chi connectivity index (χ4n) is 2.02. The molecule has 21 heavy (non-hydrogen) atoms. The fraction of sp³-hybridized carbons (Fsp3) is 0.0625. The summed E-state index contributed by atoms with van der Waals surface area (Å²) in [5.41, 5.74) is 2.08. The molecule has 0 unspecified atom stereocenters. The maximum atomic E-state index is 13.2. The number of amides is 1. The number of hydrogen-bond acceptors (Lipinski definition) is 3. The number of carbonyl (C=O) groups is 1. The average Bonchev–Trinajstić information content (AvgIpc) is 2.48. The lowest BCUT2D eigenvalue weighted by atomic mass is 10.1. The summed E-state index contributed by atoms with van der Waals surface area (Å²) in [5.74, 6) is -0.601. The predicted octanol–water partition coefficient (Wildman–Crippen LogP) is 3.03. The number of hydrogen-bond donors (Lipinski definition) is 2. The molecule has 4 nitrogen and oxygen atoms in total. The van der Waals surface area contributed by atoms with Crippen molar-refractivity contribution in [1.82, 2.24) is 0 Å². The average molecular weight is 285 g/mol. The molecule has 2 aromatic carbocycles. The number of aromatic hydroxyl groups is 1. The number of carbonyl (C=O) groups excluding carboxylic acids is 1. The summed E-state index contributed by atoms with van der Waals surface area (Å²) in [5, 5.41) is 11.9. The van der Waals surface area contributed by atoms with Gasteiger partial charge in [0.2, 0.25) is 0 Å². The number of fused-ring (bicyclic) bond motifs is 1. The van der Waals surface area contributed by atoms with Crippen molar-refractivity contribution in [2.24, 2.45) is 0 Å². The van der Waals surface area contributed by atoms with Crippen LogP contribution in [0.25, 0.3) is 12.2 Å². The minimum Gasteiger partial charge on any atom is -0.505 e. The Bertz CT molecular complexity index is 740. The Hall–Kier alpha value is -2.82. The number of rotatable bonds is 2. The van der Waals surface area contributed by atoms with E-state index in [9.17, 15) is 9.18 Å². The van der Waals surface area contributed by atoms with Crippen LogP contribution in [0.3, 0.4) is 0 Å². The highest BCUT2D eigenvalue weighted by Gasteiger charge is 2.15. The Morgan fingerprint density at radius 1 is 1.14 bits per heavy atom. The zero-order valence-electron chi connectivity index (χ0n) is 11.0. The van der Waals surface area contributed by atoms with E-state index in [4.69, 9.17) is 9.84 Å². The Labute approximate surface area is 120 Å². The lowest BCUT2D eigenvalue weighted by Gasteiger charge is -2.17. The third-order valence-electron chi connectivity index (χ3n) is 3.08. The molecule has 1 heterocycles. The van der Waals surface area contributed by atoms with E-state index in [0.717, 1.165) is 5.56 Å². The first-order valence-corrected chi connectivity index (χ1v) is 6.35. The van der Waals surface area contributed by atoms with Gasteiger partial charge < -0.3 is 15.2 Å². The van der Waals surface area contributed by atoms with Crippen molar-refractivity contribution in [3.8, 4) is 11.5 Å². The Morgan fingerprint density at radius 3 is 2.62 bits per heavy atom. The van der Waals surface area contributed by atoms with Gasteiger partial charge in [0.05, 0.1) is 5.69 Å². The second-order valence-electron chi connectivity index (χ2n) is 4.64. The van der Waals surface area contributed by atoms with Crippen LogP contribution in [0.5, 0.6) is 11.5 Å². The smallest absolute Gasteiger partial charge is 0.262 e. The summed E-state index contributed by atoms with van der Waals surface area (Å²) >= 11 is 0. The van der Waals surface area contributed by atoms with E-state index in [1.165, 1.54) is 12.1 Å². The number of anilines is 1. The Morgan fingerprint density at radius 2 is 1.86 bits per heavy atom. The Kier molecular flexibility index (Phi) is 3.31. The summed E-state index contributed by atoms with van der Waals surface area (Å²) in [6.45, 7) is 0.0228. The van der Waals surface area contributed by atoms with E-state index >= 15 is 0 Å². The molecule has 1 amide bonds. The summed E-state index contributed by atoms with van der Waals surface area (Å²) < 4.78 is 18.5. The van der Waals surface area contributed by atoms with Crippen LogP contribution in [-0.4, -0.2) is 17.6 Å². The van der Waals surface area contributed by atoms with Gasteiger partial charge in [-0.15, -0.1) is 0 Å². The van der Waals surface area contributed by atoms with Crippen molar-refractivity contribution in [2.75, 3.05) is 11.9 Å². The molecule has 3 rings (SSSR count). The van der Waals surface area contributed by atoms with Crippen LogP contribution in [0.4, 0.5) is 10.1 Å². The molecule has 106 valence electrons. The first-order valence-electron chi connectivity index (χ1n) is 6.35. The minimum atomic E-state index is -0.664. The standard InChI is InChI=1S/C16H12FNO3/c17-12-7-10(3-5-14(12)19)1-2-11-4-6-15-13(8-11)18-16(20)9-21-15/h1-8,19H,9H2,(H,18,20). The van der Waals surface area contributed by atoms with Crippen molar-refractivity contribution in [1.29, 1.82) is 0 Å². The fourth-order valence-corrected chi connectivity index (χ4v) is 2.02. The first kappa shape index (κ1) is 13.2. The summed E-state index contributed by atoms with van der Waals surface area (Å²) in [7, 11) is 0. The lowest BCUT2D eigenvalue weighted by Crippen LogP contribution is -2.25. The van der Waals surface area contributed by atoms with Gasteiger partial charge in [0.25, 0.3) is 5.91 Å². The maximum Gasteiger partial charge on any atom is 0.262 e. The molecule has 0 saturated heterocycles. The van der Waals surface area contributed by atoms with Crippen LogP contribution in [0, 0.1) is 5.82 Å². The molecule has 0 atom stereocenters. The van der Waals surface area contributed by atoms with Gasteiger partial charge in [-0.05, 0) is 35.4 Å². The van der Waals surface area contributed by atoms with Crippen LogP contribution in [0.1, 0.15) is 11.1 Å². The van der Waals surface area contributed by atoms with Crippen molar-refractivity contribution >= 4 is 23.7 Å². The molecule has 2 N–H and O–H groups in total. The molecule has 0 bridgehead atoms. The van der Waals surface area contributed by atoms with Gasteiger partial charge in [0, 0.05) is 0 Å². The zero-order chi connectivity index (χ0) is 14.8. The molecule has 1 aliphatic rings. The highest BCUT2D eigenvalue weighted by atomic mass is 19.1. The van der Waals surface area contributed by atoms with Crippen molar-refractivity contribution in [2.45, 2.75) is 0 Å². The van der Waals surface area contributed by atoms with Gasteiger partial charge in [-0.2, -0.15) is 0 Å². The topological polar surface area (TPSA) is 58.6 Å². The maximum absolute atomic E-state index is 13.2. The second kappa shape index (κ2) is 5.28. The third-order valence-corrected chi connectivity index (χ3v) is 3.08. The quantitative estimate of drug-likeness (QED) is 0.834. The molecular formula is C16H12FNO3. The van der Waals surface area contributed by atoms with Crippen molar-refractivity contribution < 1.29 is 19.0 Å². The highest BCUT2D eigenvalue weighted by Crippen LogP contribution is 2.29. The van der Waals surface area contributed by atoms with E-state index in [0.29, 0.717) is 17.0 Å². The van der Waals surface area contributed by atoms with Crippen molar-refractivity contribution in [3.05, 3.63) is 53.3 Å². The SMILES string of the molecule is O=C1COc2ccc(C=Cc3ccc(O)c(F)c3)cc2N1. The lowest BCUT2D eigenvalue weighted by molar-refractivity contribution is -0.118. The van der Waals surface area contributed by atoms with Gasteiger partial charge in [-0.25, -0.2) is 4.39 Å². The van der Waals surface area contributed by atoms with Crippen LogP contribution in [0.15, 0.2) is 36.4 Å². The van der Waals surface area contributed by atoms with Crippen LogP contribution in [-0.2, 0) is 4.79 Å². The number of nitrogens with one attached hydrogen (secondary N) is 1. The molecule has 2 aromatic rings. The zero-order valence-corrected chi connectivity index (χ0v) is 11.0. The number of phenolic OH excluding ortho intramolecular Hbond substituents is 1. The van der Waals surface area contributed by atoms with E-state index < -0.39 is 5.82 Å². The number of halogens is 1. The normalized spacial score (nSPS) is 13.7. The van der Waals surface area contributed by atoms with E-state index in [-0.39, 0.29) is 18.3 Å². The summed E-state index contributed by atoms with van der Waals surface area (Å²) in [6, 6.07) is 9.54. The first-order chi connectivity index (χ1) is 10.1. The Balaban J connectivity index is 1.84. The number of phenols is 1. The summed E-state index contributed by atoms with van der Waals surface area (Å²) in [4.78, 5) is 11.3. The van der Waals surface area contributed by atoms with Gasteiger partial charge in [0.15, 0.2) is 18.2 Å². The number of ether oxygens (including phenoxy) is 1. The van der Waals surface area contributed by atoms with Crippen LogP contribution >= 0.6 is 0 Å².